The zero-order chi connectivity index (χ0) is 22.1. The lowest BCUT2D eigenvalue weighted by Gasteiger charge is -2.28. The van der Waals surface area contributed by atoms with Crippen LogP contribution in [0, 0.1) is 0 Å². The largest absolute Gasteiger partial charge is 0.461 e. The van der Waals surface area contributed by atoms with Gasteiger partial charge in [-0.2, -0.15) is 0 Å². The lowest BCUT2D eigenvalue weighted by Crippen LogP contribution is -2.31. The smallest absolute Gasteiger partial charge is 0.248 e. The van der Waals surface area contributed by atoms with Crippen LogP contribution in [0.15, 0.2) is 84.8 Å². The number of H-pyrrole nitrogens is 1. The van der Waals surface area contributed by atoms with Gasteiger partial charge in [-0.05, 0) is 29.3 Å². The zero-order valence-electron chi connectivity index (χ0n) is 17.1. The quantitative estimate of drug-likeness (QED) is 0.435. The van der Waals surface area contributed by atoms with Gasteiger partial charge in [-0.15, -0.1) is 0 Å². The van der Waals surface area contributed by atoms with Crippen molar-refractivity contribution in [2.45, 2.75) is 12.0 Å². The monoisotopic (exact) mass is 427 g/mol. The lowest BCUT2D eigenvalue weighted by atomic mass is 9.85. The summed E-state index contributed by atoms with van der Waals surface area (Å²) in [5.41, 5.74) is 8.34. The molecule has 1 amide bonds. The van der Waals surface area contributed by atoms with Gasteiger partial charge in [0, 0.05) is 17.5 Å². The average molecular weight is 427 g/mol. The minimum Gasteiger partial charge on any atom is -0.461 e. The van der Waals surface area contributed by atoms with E-state index in [1.54, 1.807) is 18.2 Å². The molecule has 2 heterocycles. The molecule has 3 aromatic carbocycles. The number of nitrogens with zero attached hydrogens (tertiary/aromatic N) is 1. The molecule has 1 aliphatic rings. The minimum atomic E-state index is -1.37. The number of ether oxygens (including phenoxy) is 2. The summed E-state index contributed by atoms with van der Waals surface area (Å²) in [7, 11) is 0. The summed E-state index contributed by atoms with van der Waals surface area (Å²) in [5, 5.41) is 11.7. The topological polar surface area (TPSA) is 110 Å². The third-order valence-corrected chi connectivity index (χ3v) is 5.59. The number of amides is 1. The molecule has 7 nitrogen and oxygen atoms in total. The Morgan fingerprint density at radius 2 is 1.88 bits per heavy atom. The van der Waals surface area contributed by atoms with Gasteiger partial charge in [-0.1, -0.05) is 54.6 Å². The number of hydrogen-bond acceptors (Lipinski definition) is 5. The van der Waals surface area contributed by atoms with Crippen LogP contribution in [0.1, 0.15) is 21.5 Å². The third kappa shape index (κ3) is 3.59. The number of aromatic nitrogens is 2. The van der Waals surface area contributed by atoms with Crippen molar-refractivity contribution in [2.24, 2.45) is 5.73 Å². The van der Waals surface area contributed by atoms with Crippen molar-refractivity contribution < 1.29 is 19.4 Å². The molecule has 32 heavy (non-hydrogen) atoms. The van der Waals surface area contributed by atoms with Gasteiger partial charge >= 0.3 is 0 Å². The van der Waals surface area contributed by atoms with Gasteiger partial charge in [0.1, 0.15) is 12.1 Å². The van der Waals surface area contributed by atoms with Crippen LogP contribution in [0.2, 0.25) is 0 Å². The molecule has 0 radical (unpaired) electrons. The maximum Gasteiger partial charge on any atom is 0.248 e. The highest BCUT2D eigenvalue weighted by atomic mass is 16.7. The number of aromatic amines is 1. The van der Waals surface area contributed by atoms with E-state index in [-0.39, 0.29) is 6.79 Å². The fourth-order valence-corrected chi connectivity index (χ4v) is 3.88. The molecule has 0 fully saturated rings. The molecule has 1 atom stereocenters. The first-order chi connectivity index (χ1) is 15.5. The van der Waals surface area contributed by atoms with Gasteiger partial charge in [0.25, 0.3) is 0 Å². The number of aliphatic hydroxyl groups is 1. The molecule has 0 saturated heterocycles. The zero-order valence-corrected chi connectivity index (χ0v) is 17.1. The van der Waals surface area contributed by atoms with E-state index < -0.39 is 11.5 Å². The van der Waals surface area contributed by atoms with Crippen molar-refractivity contribution in [1.82, 2.24) is 9.97 Å². The van der Waals surface area contributed by atoms with E-state index in [0.29, 0.717) is 34.6 Å². The molecule has 0 saturated carbocycles. The molecule has 1 aliphatic heterocycles. The molecular formula is C25H21N3O4. The van der Waals surface area contributed by atoms with Gasteiger partial charge in [-0.25, -0.2) is 4.98 Å². The van der Waals surface area contributed by atoms with E-state index in [1.165, 1.54) is 6.26 Å². The Labute approximate surface area is 184 Å². The van der Waals surface area contributed by atoms with E-state index in [2.05, 4.69) is 9.97 Å². The third-order valence-electron chi connectivity index (χ3n) is 5.59. The van der Waals surface area contributed by atoms with Crippen LogP contribution in [-0.4, -0.2) is 27.8 Å². The molecular weight excluding hydrogens is 406 g/mol. The van der Waals surface area contributed by atoms with E-state index in [4.69, 9.17) is 15.2 Å². The second kappa shape index (κ2) is 7.86. The van der Waals surface area contributed by atoms with E-state index in [1.807, 2.05) is 54.6 Å². The van der Waals surface area contributed by atoms with Crippen molar-refractivity contribution in [3.63, 3.8) is 0 Å². The summed E-state index contributed by atoms with van der Waals surface area (Å²) in [6.07, 6.45) is 1.80. The number of fused-ring (bicyclic) bond motifs is 1. The first kappa shape index (κ1) is 19.8. The van der Waals surface area contributed by atoms with E-state index >= 15 is 0 Å². The van der Waals surface area contributed by atoms with Crippen molar-refractivity contribution in [3.8, 4) is 11.4 Å². The predicted molar refractivity (Wildman–Crippen MR) is 119 cm³/mol. The fourth-order valence-electron chi connectivity index (χ4n) is 3.88. The Hall–Kier alpha value is -4.10. The minimum absolute atomic E-state index is 0.0802. The summed E-state index contributed by atoms with van der Waals surface area (Å²) in [4.78, 5) is 19.3. The first-order valence-corrected chi connectivity index (χ1v) is 10.1. The number of benzene rings is 3. The van der Waals surface area contributed by atoms with E-state index in [9.17, 15) is 9.90 Å². The van der Waals surface area contributed by atoms with Crippen molar-refractivity contribution in [1.29, 1.82) is 0 Å². The van der Waals surface area contributed by atoms with Crippen LogP contribution in [0.3, 0.4) is 0 Å². The normalized spacial score (nSPS) is 15.0. The molecule has 160 valence electrons. The molecule has 0 spiro atoms. The van der Waals surface area contributed by atoms with Crippen molar-refractivity contribution in [2.75, 3.05) is 6.79 Å². The highest BCUT2D eigenvalue weighted by Crippen LogP contribution is 2.36. The van der Waals surface area contributed by atoms with Gasteiger partial charge in [0.2, 0.25) is 12.7 Å². The maximum absolute atomic E-state index is 11.7. The summed E-state index contributed by atoms with van der Waals surface area (Å²) >= 11 is 0. The summed E-state index contributed by atoms with van der Waals surface area (Å²) in [6.45, 7) is 0.0802. The van der Waals surface area contributed by atoms with Crippen molar-refractivity contribution >= 4 is 16.9 Å². The molecule has 4 N–H and O–H groups in total. The van der Waals surface area contributed by atoms with E-state index in [0.717, 1.165) is 16.6 Å². The van der Waals surface area contributed by atoms with Crippen LogP contribution in [-0.2, 0) is 21.5 Å². The molecule has 5 rings (SSSR count). The molecule has 0 aliphatic carbocycles. The Morgan fingerprint density at radius 3 is 2.56 bits per heavy atom. The Balaban J connectivity index is 1.49. The van der Waals surface area contributed by atoms with Crippen LogP contribution in [0.5, 0.6) is 0 Å². The van der Waals surface area contributed by atoms with Crippen LogP contribution < -0.4 is 5.73 Å². The first-order valence-electron chi connectivity index (χ1n) is 10.1. The molecule has 4 aromatic rings. The number of hydrogen-bond donors (Lipinski definition) is 3. The van der Waals surface area contributed by atoms with Gasteiger partial charge in [0.15, 0.2) is 11.4 Å². The van der Waals surface area contributed by atoms with Gasteiger partial charge < -0.3 is 25.3 Å². The van der Waals surface area contributed by atoms with Crippen LogP contribution >= 0.6 is 0 Å². The Morgan fingerprint density at radius 1 is 1.09 bits per heavy atom. The molecule has 0 bridgehead atoms. The molecule has 1 aromatic heterocycles. The number of rotatable bonds is 6. The maximum atomic E-state index is 11.7. The highest BCUT2D eigenvalue weighted by molar-refractivity contribution is 5.96. The fraction of sp³-hybridized carbons (Fsp3) is 0.120. The molecule has 1 unspecified atom stereocenters. The number of nitrogens with one attached hydrogen (secondary N) is 1. The Kier molecular flexibility index (Phi) is 4.88. The second-order valence-corrected chi connectivity index (χ2v) is 7.69. The lowest BCUT2D eigenvalue weighted by molar-refractivity contribution is -0.00637. The standard InChI is InChI=1S/C25H21N3O4/c26-23(29)18-8-11-20-21(12-18)28-24(27-20)17-6-9-19(10-7-17)25(30,22-14-31-15-32-22)13-16-4-2-1-3-5-16/h1-12,14,30H,13,15H2,(H2,26,29)(H,27,28). The number of nitrogens with two attached hydrogens (primary N) is 1. The number of carbonyl (C=O) groups excluding carboxylic acids is 1. The Bertz CT molecular complexity index is 1310. The van der Waals surface area contributed by atoms with Gasteiger partial charge in [-0.3, -0.25) is 4.79 Å². The predicted octanol–water partition coefficient (Wildman–Crippen LogP) is 3.60. The summed E-state index contributed by atoms with van der Waals surface area (Å²) in [5.74, 6) is 0.530. The SMILES string of the molecule is NC(=O)c1ccc2[nH]c(-c3ccc(C(O)(Cc4ccccc4)C4=COCO4)cc3)nc2c1. The second-order valence-electron chi connectivity index (χ2n) is 7.69. The average Bonchev–Trinajstić information content (AvgIpc) is 3.50. The van der Waals surface area contributed by atoms with Crippen LogP contribution in [0.4, 0.5) is 0 Å². The number of carbonyl (C=O) groups is 1. The van der Waals surface area contributed by atoms with Crippen LogP contribution in [0.25, 0.3) is 22.4 Å². The van der Waals surface area contributed by atoms with Crippen molar-refractivity contribution in [3.05, 3.63) is 102 Å². The summed E-state index contributed by atoms with van der Waals surface area (Å²) in [6, 6.07) is 22.3. The highest BCUT2D eigenvalue weighted by Gasteiger charge is 2.38. The van der Waals surface area contributed by atoms with Gasteiger partial charge in [0.05, 0.1) is 11.0 Å². The number of imidazole rings is 1. The molecule has 7 heteroatoms. The number of primary amides is 1. The summed E-state index contributed by atoms with van der Waals surface area (Å²) < 4.78 is 10.8.